The average molecular weight is 318 g/mol. The number of benzene rings is 2. The zero-order valence-corrected chi connectivity index (χ0v) is 12.3. The Kier molecular flexibility index (Phi) is 3.09. The van der Waals surface area contributed by atoms with Crippen molar-refractivity contribution < 1.29 is 19.2 Å². The molecule has 1 aliphatic rings. The fraction of sp³-hybridized carbons (Fsp3) is 0. The second-order valence-electron chi connectivity index (χ2n) is 5.21. The number of rotatable bonds is 2. The number of imide groups is 1. The van der Waals surface area contributed by atoms with Gasteiger partial charge in [-0.1, -0.05) is 41.5 Å². The second-order valence-corrected chi connectivity index (χ2v) is 5.21. The third-order valence-corrected chi connectivity index (χ3v) is 3.80. The fourth-order valence-corrected chi connectivity index (χ4v) is 2.66. The van der Waals surface area contributed by atoms with Gasteiger partial charge in [-0.25, -0.2) is 9.78 Å². The van der Waals surface area contributed by atoms with Gasteiger partial charge in [0.2, 0.25) is 0 Å². The first-order valence-corrected chi connectivity index (χ1v) is 7.20. The van der Waals surface area contributed by atoms with Crippen molar-refractivity contribution in [1.82, 2.24) is 10.0 Å². The van der Waals surface area contributed by atoms with E-state index in [1.165, 1.54) is 18.3 Å². The van der Waals surface area contributed by atoms with Gasteiger partial charge in [0, 0.05) is 11.6 Å². The zero-order valence-electron chi connectivity index (χ0n) is 12.3. The molecule has 3 aromatic rings. The van der Waals surface area contributed by atoms with E-state index in [0.29, 0.717) is 10.4 Å². The molecule has 1 aliphatic heterocycles. The van der Waals surface area contributed by atoms with Crippen LogP contribution in [0, 0.1) is 0 Å². The van der Waals surface area contributed by atoms with Gasteiger partial charge < -0.3 is 4.84 Å². The van der Waals surface area contributed by atoms with Crippen molar-refractivity contribution in [1.29, 1.82) is 0 Å². The van der Waals surface area contributed by atoms with E-state index in [9.17, 15) is 14.4 Å². The average Bonchev–Trinajstić information content (AvgIpc) is 2.86. The molecule has 0 aliphatic carbocycles. The molecule has 24 heavy (non-hydrogen) atoms. The number of fused-ring (bicyclic) bond motifs is 2. The van der Waals surface area contributed by atoms with E-state index in [0.717, 1.165) is 5.39 Å². The molecule has 0 saturated heterocycles. The molecule has 1 aromatic heterocycles. The topological polar surface area (TPSA) is 76.6 Å². The molecule has 0 bridgehead atoms. The molecule has 0 atom stereocenters. The van der Waals surface area contributed by atoms with Crippen LogP contribution in [0.4, 0.5) is 0 Å². The normalized spacial score (nSPS) is 13.2. The summed E-state index contributed by atoms with van der Waals surface area (Å²) in [4.78, 5) is 46.0. The summed E-state index contributed by atoms with van der Waals surface area (Å²) in [6.07, 6.45) is 1.47. The van der Waals surface area contributed by atoms with Crippen molar-refractivity contribution in [2.45, 2.75) is 0 Å². The van der Waals surface area contributed by atoms with E-state index >= 15 is 0 Å². The maximum Gasteiger partial charge on any atom is 0.382 e. The molecule has 6 nitrogen and oxygen atoms in total. The lowest BCUT2D eigenvalue weighted by molar-refractivity contribution is -0.0587. The largest absolute Gasteiger partial charge is 0.382 e. The lowest BCUT2D eigenvalue weighted by Crippen LogP contribution is -2.33. The van der Waals surface area contributed by atoms with Crippen LogP contribution in [0.5, 0.6) is 0 Å². The van der Waals surface area contributed by atoms with Gasteiger partial charge in [-0.3, -0.25) is 9.59 Å². The summed E-state index contributed by atoms with van der Waals surface area (Å²) in [7, 11) is 0. The van der Waals surface area contributed by atoms with E-state index in [-0.39, 0.29) is 16.8 Å². The fourth-order valence-electron chi connectivity index (χ4n) is 2.66. The molecule has 0 radical (unpaired) electrons. The van der Waals surface area contributed by atoms with E-state index in [1.54, 1.807) is 30.3 Å². The molecule has 6 heteroatoms. The van der Waals surface area contributed by atoms with Crippen LogP contribution in [-0.2, 0) is 4.84 Å². The van der Waals surface area contributed by atoms with Crippen molar-refractivity contribution in [3.8, 4) is 0 Å². The minimum absolute atomic E-state index is 0.0460. The van der Waals surface area contributed by atoms with Gasteiger partial charge >= 0.3 is 5.97 Å². The van der Waals surface area contributed by atoms with Crippen LogP contribution in [0.15, 0.2) is 60.8 Å². The number of carbonyl (C=O) groups is 3. The maximum atomic E-state index is 12.4. The third-order valence-electron chi connectivity index (χ3n) is 3.80. The molecule has 2 aromatic carbocycles. The number of carbonyl (C=O) groups excluding carboxylic acids is 3. The molecule has 0 saturated carbocycles. The molecule has 0 N–H and O–H groups in total. The SMILES string of the molecule is O=C(ON1C(=O)c2ccccc2C1=O)c1nccc2ccccc12. The molecule has 0 unspecified atom stereocenters. The summed E-state index contributed by atoms with van der Waals surface area (Å²) < 4.78 is 0. The van der Waals surface area contributed by atoms with Crippen molar-refractivity contribution in [2.75, 3.05) is 0 Å². The van der Waals surface area contributed by atoms with Crippen LogP contribution in [0.1, 0.15) is 31.2 Å². The van der Waals surface area contributed by atoms with Crippen LogP contribution >= 0.6 is 0 Å². The van der Waals surface area contributed by atoms with Gasteiger partial charge in [-0.05, 0) is 23.6 Å². The molecule has 116 valence electrons. The zero-order chi connectivity index (χ0) is 16.7. The smallest absolute Gasteiger partial charge is 0.322 e. The van der Waals surface area contributed by atoms with Crippen molar-refractivity contribution in [2.24, 2.45) is 0 Å². The number of hydroxylamine groups is 2. The lowest BCUT2D eigenvalue weighted by Gasteiger charge is -2.13. The Balaban J connectivity index is 1.68. The van der Waals surface area contributed by atoms with Gasteiger partial charge in [0.05, 0.1) is 11.1 Å². The first kappa shape index (κ1) is 14.1. The van der Waals surface area contributed by atoms with Crippen LogP contribution in [0.3, 0.4) is 0 Å². The second kappa shape index (κ2) is 5.27. The number of hydrogen-bond donors (Lipinski definition) is 0. The molecular weight excluding hydrogens is 308 g/mol. The number of amides is 2. The Morgan fingerprint density at radius 1 is 0.875 bits per heavy atom. The van der Waals surface area contributed by atoms with E-state index in [4.69, 9.17) is 4.84 Å². The Bertz CT molecular complexity index is 972. The summed E-state index contributed by atoms with van der Waals surface area (Å²) in [5, 5.41) is 1.87. The monoisotopic (exact) mass is 318 g/mol. The molecule has 0 spiro atoms. The summed E-state index contributed by atoms with van der Waals surface area (Å²) >= 11 is 0. The minimum Gasteiger partial charge on any atom is -0.322 e. The summed E-state index contributed by atoms with van der Waals surface area (Å²) in [6, 6.07) is 15.2. The van der Waals surface area contributed by atoms with Gasteiger partial charge in [-0.15, -0.1) is 0 Å². The predicted octanol–water partition coefficient (Wildman–Crippen LogP) is 2.60. The van der Waals surface area contributed by atoms with E-state index in [1.807, 2.05) is 12.1 Å². The van der Waals surface area contributed by atoms with Gasteiger partial charge in [0.25, 0.3) is 11.8 Å². The van der Waals surface area contributed by atoms with E-state index in [2.05, 4.69) is 4.98 Å². The molecule has 2 heterocycles. The first-order valence-electron chi connectivity index (χ1n) is 7.20. The quantitative estimate of drug-likeness (QED) is 0.679. The highest BCUT2D eigenvalue weighted by molar-refractivity contribution is 6.21. The first-order chi connectivity index (χ1) is 11.7. The highest BCUT2D eigenvalue weighted by Crippen LogP contribution is 2.24. The number of aromatic nitrogens is 1. The minimum atomic E-state index is -0.860. The predicted molar refractivity (Wildman–Crippen MR) is 84.1 cm³/mol. The Labute approximate surface area is 136 Å². The number of hydrogen-bond acceptors (Lipinski definition) is 5. The number of pyridine rings is 1. The standard InChI is InChI=1S/C18H10N2O4/c21-16-13-7-3-4-8-14(13)17(22)20(16)24-18(23)15-12-6-2-1-5-11(12)9-10-19-15/h1-10H. The lowest BCUT2D eigenvalue weighted by atomic mass is 10.1. The Hall–Kier alpha value is -3.54. The van der Waals surface area contributed by atoms with Crippen LogP contribution < -0.4 is 0 Å². The summed E-state index contributed by atoms with van der Waals surface area (Å²) in [6.45, 7) is 0. The molecular formula is C18H10N2O4. The highest BCUT2D eigenvalue weighted by Gasteiger charge is 2.39. The molecule has 2 amide bonds. The summed E-state index contributed by atoms with van der Waals surface area (Å²) in [5.74, 6) is -2.19. The van der Waals surface area contributed by atoms with Gasteiger partial charge in [0.15, 0.2) is 5.69 Å². The third kappa shape index (κ3) is 2.04. The summed E-state index contributed by atoms with van der Waals surface area (Å²) in [5.41, 5.74) is 0.465. The molecule has 4 rings (SSSR count). The Morgan fingerprint density at radius 3 is 2.21 bits per heavy atom. The van der Waals surface area contributed by atoms with Crippen LogP contribution in [0.2, 0.25) is 0 Å². The van der Waals surface area contributed by atoms with Crippen LogP contribution in [0.25, 0.3) is 10.8 Å². The highest BCUT2D eigenvalue weighted by atomic mass is 16.7. The maximum absolute atomic E-state index is 12.4. The molecule has 0 fully saturated rings. The van der Waals surface area contributed by atoms with Crippen LogP contribution in [-0.4, -0.2) is 27.8 Å². The van der Waals surface area contributed by atoms with Crippen molar-refractivity contribution >= 4 is 28.6 Å². The van der Waals surface area contributed by atoms with Gasteiger partial charge in [0.1, 0.15) is 0 Å². The van der Waals surface area contributed by atoms with Crippen molar-refractivity contribution in [3.05, 3.63) is 77.6 Å². The van der Waals surface area contributed by atoms with Gasteiger partial charge in [-0.2, -0.15) is 0 Å². The number of nitrogens with zero attached hydrogens (tertiary/aromatic N) is 2. The van der Waals surface area contributed by atoms with Crippen molar-refractivity contribution in [3.63, 3.8) is 0 Å². The Morgan fingerprint density at radius 2 is 1.50 bits per heavy atom. The van der Waals surface area contributed by atoms with E-state index < -0.39 is 17.8 Å².